The number of rotatable bonds is 4. The van der Waals surface area contributed by atoms with E-state index in [-0.39, 0.29) is 6.04 Å². The van der Waals surface area contributed by atoms with E-state index in [0.717, 1.165) is 6.20 Å². The molecule has 0 fully saturated rings. The quantitative estimate of drug-likeness (QED) is 0.917. The number of halogens is 1. The van der Waals surface area contributed by atoms with Gasteiger partial charge in [-0.3, -0.25) is 9.67 Å². The molecule has 0 aliphatic carbocycles. The van der Waals surface area contributed by atoms with Gasteiger partial charge in [0, 0.05) is 17.8 Å². The van der Waals surface area contributed by atoms with Crippen molar-refractivity contribution in [2.24, 2.45) is 5.73 Å². The lowest BCUT2D eigenvalue weighted by molar-refractivity contribution is 0.400. The van der Waals surface area contributed by atoms with Crippen LogP contribution >= 0.6 is 0 Å². The van der Waals surface area contributed by atoms with Crippen molar-refractivity contribution in [1.29, 1.82) is 0 Å². The Morgan fingerprint density at radius 1 is 1.37 bits per heavy atom. The van der Waals surface area contributed by atoms with Crippen LogP contribution in [0.4, 0.5) is 4.39 Å². The Bertz CT molecular complexity index is 568. The summed E-state index contributed by atoms with van der Waals surface area (Å²) < 4.78 is 20.8. The van der Waals surface area contributed by atoms with Gasteiger partial charge in [0.15, 0.2) is 5.75 Å². The summed E-state index contributed by atoms with van der Waals surface area (Å²) >= 11 is 0. The average molecular weight is 264 g/mol. The van der Waals surface area contributed by atoms with Gasteiger partial charge in [-0.25, -0.2) is 4.39 Å². The minimum atomic E-state index is -0.650. The molecule has 0 saturated carbocycles. The molecule has 2 aromatic heterocycles. The zero-order chi connectivity index (χ0) is 14.0. The molecule has 1 atom stereocenters. The summed E-state index contributed by atoms with van der Waals surface area (Å²) in [6.45, 7) is 3.96. The molecule has 2 rings (SSSR count). The number of pyridine rings is 1. The van der Waals surface area contributed by atoms with Crippen LogP contribution in [-0.2, 0) is 0 Å². The van der Waals surface area contributed by atoms with E-state index in [4.69, 9.17) is 10.5 Å². The second kappa shape index (κ2) is 5.36. The minimum absolute atomic E-state index is 0.106. The molecule has 2 aromatic rings. The minimum Gasteiger partial charge on any atom is -0.493 e. The highest BCUT2D eigenvalue weighted by molar-refractivity contribution is 5.36. The lowest BCUT2D eigenvalue weighted by Crippen LogP contribution is -2.20. The molecular weight excluding hydrogens is 247 g/mol. The van der Waals surface area contributed by atoms with Gasteiger partial charge in [0.25, 0.3) is 0 Å². The first-order valence-corrected chi connectivity index (χ1v) is 6.02. The van der Waals surface area contributed by atoms with Crippen molar-refractivity contribution in [3.8, 4) is 5.75 Å². The topological polar surface area (TPSA) is 66.0 Å². The zero-order valence-corrected chi connectivity index (χ0v) is 11.2. The maximum absolute atomic E-state index is 13.8. The van der Waals surface area contributed by atoms with Crippen LogP contribution in [-0.4, -0.2) is 21.9 Å². The van der Waals surface area contributed by atoms with Crippen LogP contribution in [0.5, 0.6) is 5.75 Å². The molecule has 1 unspecified atom stereocenters. The molecule has 0 aromatic carbocycles. The summed E-state index contributed by atoms with van der Waals surface area (Å²) in [5, 5.41) is 4.24. The Kier molecular flexibility index (Phi) is 3.80. The third kappa shape index (κ3) is 2.44. The van der Waals surface area contributed by atoms with Crippen LogP contribution in [0.3, 0.4) is 0 Å². The van der Waals surface area contributed by atoms with E-state index < -0.39 is 11.9 Å². The van der Waals surface area contributed by atoms with Gasteiger partial charge >= 0.3 is 0 Å². The van der Waals surface area contributed by atoms with E-state index in [1.54, 1.807) is 24.1 Å². The monoisotopic (exact) mass is 264 g/mol. The van der Waals surface area contributed by atoms with Gasteiger partial charge in [-0.15, -0.1) is 0 Å². The SMILES string of the molecule is COc1cnn(C(C)C)c1C(N)c1ccncc1F. The Morgan fingerprint density at radius 3 is 2.68 bits per heavy atom. The van der Waals surface area contributed by atoms with Gasteiger partial charge in [0.2, 0.25) is 0 Å². The first-order valence-electron chi connectivity index (χ1n) is 6.02. The third-order valence-corrected chi connectivity index (χ3v) is 2.94. The highest BCUT2D eigenvalue weighted by Crippen LogP contribution is 2.30. The van der Waals surface area contributed by atoms with Gasteiger partial charge in [0.05, 0.1) is 25.5 Å². The molecule has 0 aliphatic heterocycles. The molecule has 5 nitrogen and oxygen atoms in total. The molecular formula is C13H17FN4O. The van der Waals surface area contributed by atoms with Gasteiger partial charge in [-0.1, -0.05) is 0 Å². The van der Waals surface area contributed by atoms with Crippen LogP contribution in [0, 0.1) is 5.82 Å². The summed E-state index contributed by atoms with van der Waals surface area (Å²) in [6, 6.07) is 1.02. The molecule has 0 saturated heterocycles. The summed E-state index contributed by atoms with van der Waals surface area (Å²) in [5.74, 6) is 0.117. The molecule has 0 aliphatic rings. The number of hydrogen-bond acceptors (Lipinski definition) is 4. The van der Waals surface area contributed by atoms with Gasteiger partial charge in [-0.05, 0) is 19.9 Å². The van der Waals surface area contributed by atoms with Gasteiger partial charge in [-0.2, -0.15) is 5.10 Å². The summed E-state index contributed by atoms with van der Waals surface area (Å²) in [4.78, 5) is 3.72. The average Bonchev–Trinajstić information content (AvgIpc) is 2.82. The molecule has 2 N–H and O–H groups in total. The van der Waals surface area contributed by atoms with Crippen LogP contribution in [0.25, 0.3) is 0 Å². The highest BCUT2D eigenvalue weighted by Gasteiger charge is 2.23. The Hall–Kier alpha value is -1.95. The second-order valence-corrected chi connectivity index (χ2v) is 4.51. The van der Waals surface area contributed by atoms with Crippen molar-refractivity contribution in [1.82, 2.24) is 14.8 Å². The fourth-order valence-electron chi connectivity index (χ4n) is 2.01. The number of ether oxygens (including phenoxy) is 1. The lowest BCUT2D eigenvalue weighted by Gasteiger charge is -2.18. The van der Waals surface area contributed by atoms with Crippen molar-refractivity contribution < 1.29 is 9.13 Å². The van der Waals surface area contributed by atoms with Crippen LogP contribution in [0.15, 0.2) is 24.7 Å². The standard InChI is InChI=1S/C13H17FN4O/c1-8(2)18-13(11(19-3)7-17-18)12(15)9-4-5-16-6-10(9)14/h4-8,12H,15H2,1-3H3. The molecule has 19 heavy (non-hydrogen) atoms. The molecule has 102 valence electrons. The van der Waals surface area contributed by atoms with Crippen LogP contribution in [0.2, 0.25) is 0 Å². The second-order valence-electron chi connectivity index (χ2n) is 4.51. The highest BCUT2D eigenvalue weighted by atomic mass is 19.1. The predicted octanol–water partition coefficient (Wildman–Crippen LogP) is 2.05. The van der Waals surface area contributed by atoms with Crippen molar-refractivity contribution in [3.05, 3.63) is 41.7 Å². The molecule has 0 bridgehead atoms. The summed E-state index contributed by atoms with van der Waals surface area (Å²) in [5.41, 5.74) is 7.19. The Balaban J connectivity index is 2.52. The van der Waals surface area contributed by atoms with E-state index in [0.29, 0.717) is 17.0 Å². The Labute approximate surface area is 111 Å². The smallest absolute Gasteiger partial charge is 0.161 e. The maximum atomic E-state index is 13.8. The number of nitrogens with zero attached hydrogens (tertiary/aromatic N) is 3. The van der Waals surface area contributed by atoms with Gasteiger partial charge in [0.1, 0.15) is 11.5 Å². The molecule has 0 radical (unpaired) electrons. The first kappa shape index (κ1) is 13.5. The van der Waals surface area contributed by atoms with E-state index >= 15 is 0 Å². The van der Waals surface area contributed by atoms with E-state index in [1.165, 1.54) is 6.20 Å². The number of hydrogen-bond donors (Lipinski definition) is 1. The summed E-state index contributed by atoms with van der Waals surface area (Å²) in [6.07, 6.45) is 4.26. The fourth-order valence-corrected chi connectivity index (χ4v) is 2.01. The van der Waals surface area contributed by atoms with Crippen molar-refractivity contribution >= 4 is 0 Å². The molecule has 0 spiro atoms. The number of nitrogens with two attached hydrogens (primary N) is 1. The molecule has 0 amide bonds. The van der Waals surface area contributed by atoms with Crippen LogP contribution < -0.4 is 10.5 Å². The number of methoxy groups -OCH3 is 1. The maximum Gasteiger partial charge on any atom is 0.161 e. The van der Waals surface area contributed by atoms with E-state index in [9.17, 15) is 4.39 Å². The largest absolute Gasteiger partial charge is 0.493 e. The van der Waals surface area contributed by atoms with Crippen molar-refractivity contribution in [2.45, 2.75) is 25.9 Å². The first-order chi connectivity index (χ1) is 9.06. The Morgan fingerprint density at radius 2 is 2.11 bits per heavy atom. The van der Waals surface area contributed by atoms with E-state index in [1.807, 2.05) is 13.8 Å². The summed E-state index contributed by atoms with van der Waals surface area (Å²) in [7, 11) is 1.54. The predicted molar refractivity (Wildman–Crippen MR) is 69.4 cm³/mol. The zero-order valence-electron chi connectivity index (χ0n) is 11.2. The normalized spacial score (nSPS) is 12.7. The van der Waals surface area contributed by atoms with Crippen molar-refractivity contribution in [2.75, 3.05) is 7.11 Å². The number of aromatic nitrogens is 3. The lowest BCUT2D eigenvalue weighted by atomic mass is 10.0. The molecule has 6 heteroatoms. The van der Waals surface area contributed by atoms with Crippen molar-refractivity contribution in [3.63, 3.8) is 0 Å². The fraction of sp³-hybridized carbons (Fsp3) is 0.385. The third-order valence-electron chi connectivity index (χ3n) is 2.94. The van der Waals surface area contributed by atoms with E-state index in [2.05, 4.69) is 10.1 Å². The molecule has 2 heterocycles. The van der Waals surface area contributed by atoms with Crippen LogP contribution in [0.1, 0.15) is 37.2 Å². The van der Waals surface area contributed by atoms with Gasteiger partial charge < -0.3 is 10.5 Å².